The fourth-order valence-corrected chi connectivity index (χ4v) is 16.7. The van der Waals surface area contributed by atoms with E-state index in [2.05, 4.69) is 267 Å². The maximum Gasteiger partial charge on any atom is 0.179 e. The van der Waals surface area contributed by atoms with Crippen LogP contribution in [0.15, 0.2) is 267 Å². The average Bonchev–Trinajstić information content (AvgIpc) is 3.43. The molecule has 320 valence electrons. The minimum Gasteiger partial charge on any atom is -0.0623 e. The summed E-state index contributed by atoms with van der Waals surface area (Å²) in [7, 11) is -2.77. The largest absolute Gasteiger partial charge is 0.179 e. The fourth-order valence-electron chi connectivity index (χ4n) is 11.9. The molecule has 0 heterocycles. The third-order valence-electron chi connectivity index (χ3n) is 15.1. The van der Waals surface area contributed by atoms with Crippen molar-refractivity contribution < 1.29 is 0 Å². The van der Waals surface area contributed by atoms with Gasteiger partial charge >= 0.3 is 0 Å². The van der Waals surface area contributed by atoms with Crippen LogP contribution in [0.2, 0.25) is 0 Å². The first-order chi connectivity index (χ1) is 34.2. The minimum absolute atomic E-state index is 1.19. The summed E-state index contributed by atoms with van der Waals surface area (Å²) < 4.78 is 0. The van der Waals surface area contributed by atoms with Crippen molar-refractivity contribution in [2.24, 2.45) is 0 Å². The summed E-state index contributed by atoms with van der Waals surface area (Å²) in [6.45, 7) is 0. The monoisotopic (exact) mass is 888 g/mol. The van der Waals surface area contributed by atoms with Crippen molar-refractivity contribution in [2.45, 2.75) is 0 Å². The first-order valence-corrected chi connectivity index (χ1v) is 26.1. The van der Waals surface area contributed by atoms with Crippen molar-refractivity contribution in [3.05, 3.63) is 267 Å². The van der Waals surface area contributed by atoms with E-state index in [1.165, 1.54) is 130 Å². The molecule has 0 saturated carbocycles. The number of rotatable bonds is 8. The SMILES string of the molecule is c1ccc([Si](c2ccccc2)(c2ccccc2)c2cccc(-c3cc(-c4ccc(-c5ccc6ccc7cccc8ccc5c6c78)cc4)cc(-c4ccc5ccc6cccc7ccc4c5c67)c3)c2)cc1. The van der Waals surface area contributed by atoms with E-state index in [0.717, 1.165) is 0 Å². The first kappa shape index (κ1) is 39.5. The van der Waals surface area contributed by atoms with Gasteiger partial charge in [-0.2, -0.15) is 0 Å². The zero-order chi connectivity index (χ0) is 45.5. The predicted octanol–water partition coefficient (Wildman–Crippen LogP) is 15.5. The molecule has 0 fully saturated rings. The summed E-state index contributed by atoms with van der Waals surface area (Å²) in [4.78, 5) is 0. The zero-order valence-electron chi connectivity index (χ0n) is 37.9. The zero-order valence-corrected chi connectivity index (χ0v) is 38.9. The Bertz CT molecular complexity index is 4080. The Kier molecular flexibility index (Phi) is 9.02. The Morgan fingerprint density at radius 3 is 1.04 bits per heavy atom. The van der Waals surface area contributed by atoms with Crippen LogP contribution in [0.3, 0.4) is 0 Å². The van der Waals surface area contributed by atoms with E-state index in [1.807, 2.05) is 0 Å². The van der Waals surface area contributed by atoms with E-state index in [4.69, 9.17) is 0 Å². The number of benzene rings is 14. The number of hydrogen-bond acceptors (Lipinski definition) is 0. The molecule has 14 aromatic carbocycles. The lowest BCUT2D eigenvalue weighted by atomic mass is 9.87. The topological polar surface area (TPSA) is 0 Å². The quantitative estimate of drug-likeness (QED) is 0.0810. The molecule has 0 N–H and O–H groups in total. The van der Waals surface area contributed by atoms with Gasteiger partial charge in [-0.25, -0.2) is 0 Å². The summed E-state index contributed by atoms with van der Waals surface area (Å²) in [6, 6.07) is 101. The van der Waals surface area contributed by atoms with Crippen molar-refractivity contribution in [3.8, 4) is 44.5 Å². The van der Waals surface area contributed by atoms with Gasteiger partial charge in [-0.3, -0.25) is 0 Å². The molecule has 0 atom stereocenters. The first-order valence-electron chi connectivity index (χ1n) is 24.1. The predicted molar refractivity (Wildman–Crippen MR) is 299 cm³/mol. The van der Waals surface area contributed by atoms with Crippen LogP contribution < -0.4 is 20.7 Å². The van der Waals surface area contributed by atoms with Gasteiger partial charge < -0.3 is 0 Å². The second kappa shape index (κ2) is 15.7. The molecule has 0 aromatic heterocycles. The standard InChI is InChI=1S/C68H44Si/c1-4-18-57(19-5-1)69(58-20-6-2-7-21-58,59-22-8-3-9-23-59)60-24-12-17-53(44-60)55-41-54(42-56(43-55)62-38-34-52-32-30-48-14-11-16-50-36-40-64(62)68(52)66(48)50)45-25-27-46(28-26-45)61-37-33-51-31-29-47-13-10-15-49-35-39-63(61)67(51)65(47)49/h1-44H. The van der Waals surface area contributed by atoms with Gasteiger partial charge in [0.05, 0.1) is 0 Å². The highest BCUT2D eigenvalue weighted by Gasteiger charge is 2.41. The molecule has 0 spiro atoms. The molecular weight excluding hydrogens is 845 g/mol. The molecule has 0 radical (unpaired) electrons. The molecule has 0 aliphatic rings. The van der Waals surface area contributed by atoms with Crippen LogP contribution in [0.1, 0.15) is 0 Å². The number of hydrogen-bond donors (Lipinski definition) is 0. The molecule has 0 aliphatic heterocycles. The Hall–Kier alpha value is -8.62. The normalized spacial score (nSPS) is 12.1. The molecule has 14 aromatic rings. The van der Waals surface area contributed by atoms with Crippen LogP contribution in [0, 0.1) is 0 Å². The molecule has 0 aliphatic carbocycles. The summed E-state index contributed by atoms with van der Waals surface area (Å²) in [5.74, 6) is 0. The third-order valence-corrected chi connectivity index (χ3v) is 19.9. The van der Waals surface area contributed by atoms with E-state index in [1.54, 1.807) is 0 Å². The second-order valence-electron chi connectivity index (χ2n) is 18.7. The fraction of sp³-hybridized carbons (Fsp3) is 0. The van der Waals surface area contributed by atoms with Crippen molar-refractivity contribution in [1.29, 1.82) is 0 Å². The summed E-state index contributed by atoms with van der Waals surface area (Å²) in [6.07, 6.45) is 0. The smallest absolute Gasteiger partial charge is 0.0623 e. The molecule has 0 unspecified atom stereocenters. The lowest BCUT2D eigenvalue weighted by Crippen LogP contribution is -2.74. The van der Waals surface area contributed by atoms with Crippen molar-refractivity contribution in [2.75, 3.05) is 0 Å². The Labute approximate surface area is 402 Å². The van der Waals surface area contributed by atoms with Gasteiger partial charge in [-0.1, -0.05) is 249 Å². The van der Waals surface area contributed by atoms with Crippen LogP contribution in [0.25, 0.3) is 109 Å². The Balaban J connectivity index is 0.972. The highest BCUT2D eigenvalue weighted by atomic mass is 28.3. The van der Waals surface area contributed by atoms with Crippen LogP contribution >= 0.6 is 0 Å². The molecule has 69 heavy (non-hydrogen) atoms. The molecular formula is C68H44Si. The Morgan fingerprint density at radius 2 is 0.551 bits per heavy atom. The van der Waals surface area contributed by atoms with Crippen LogP contribution in [0.4, 0.5) is 0 Å². The summed E-state index contributed by atoms with van der Waals surface area (Å²) in [5.41, 5.74) is 9.72. The van der Waals surface area contributed by atoms with Gasteiger partial charge in [0.15, 0.2) is 8.07 Å². The van der Waals surface area contributed by atoms with Crippen molar-refractivity contribution in [3.63, 3.8) is 0 Å². The molecule has 0 nitrogen and oxygen atoms in total. The molecule has 0 saturated heterocycles. The molecule has 0 amide bonds. The molecule has 1 heteroatoms. The lowest BCUT2D eigenvalue weighted by Gasteiger charge is -2.34. The van der Waals surface area contributed by atoms with Gasteiger partial charge in [-0.05, 0) is 148 Å². The minimum atomic E-state index is -2.77. The van der Waals surface area contributed by atoms with Gasteiger partial charge in [0.1, 0.15) is 0 Å². The van der Waals surface area contributed by atoms with E-state index in [0.29, 0.717) is 0 Å². The van der Waals surface area contributed by atoms with Gasteiger partial charge in [0.2, 0.25) is 0 Å². The van der Waals surface area contributed by atoms with Crippen LogP contribution in [0.5, 0.6) is 0 Å². The highest BCUT2D eigenvalue weighted by Crippen LogP contribution is 2.43. The van der Waals surface area contributed by atoms with Crippen LogP contribution in [-0.4, -0.2) is 8.07 Å². The maximum atomic E-state index is 2.50. The Morgan fingerprint density at radius 1 is 0.188 bits per heavy atom. The van der Waals surface area contributed by atoms with E-state index in [9.17, 15) is 0 Å². The maximum absolute atomic E-state index is 2.77. The van der Waals surface area contributed by atoms with Crippen LogP contribution in [-0.2, 0) is 0 Å². The van der Waals surface area contributed by atoms with Crippen molar-refractivity contribution in [1.82, 2.24) is 0 Å². The lowest BCUT2D eigenvalue weighted by molar-refractivity contribution is 1.58. The average molecular weight is 889 g/mol. The van der Waals surface area contributed by atoms with E-state index < -0.39 is 8.07 Å². The van der Waals surface area contributed by atoms with Gasteiger partial charge in [0, 0.05) is 0 Å². The molecule has 14 rings (SSSR count). The van der Waals surface area contributed by atoms with E-state index in [-0.39, 0.29) is 0 Å². The summed E-state index contributed by atoms with van der Waals surface area (Å²) in [5, 5.41) is 21.1. The third kappa shape index (κ3) is 6.21. The van der Waals surface area contributed by atoms with E-state index >= 15 is 0 Å². The van der Waals surface area contributed by atoms with Gasteiger partial charge in [0.25, 0.3) is 0 Å². The highest BCUT2D eigenvalue weighted by molar-refractivity contribution is 7.19. The second-order valence-corrected chi connectivity index (χ2v) is 22.6. The summed E-state index contributed by atoms with van der Waals surface area (Å²) >= 11 is 0. The van der Waals surface area contributed by atoms with Gasteiger partial charge in [-0.15, -0.1) is 0 Å². The molecule has 0 bridgehead atoms. The van der Waals surface area contributed by atoms with Crippen molar-refractivity contribution >= 4 is 93.5 Å².